The molecule has 1 saturated heterocycles. The maximum atomic E-state index is 10.7. The lowest BCUT2D eigenvalue weighted by atomic mass is 9.68. The average molecular weight is 350 g/mol. The number of aliphatic hydroxyl groups excluding tert-OH is 1. The molecule has 4 atom stereocenters. The van der Waals surface area contributed by atoms with Crippen molar-refractivity contribution in [3.05, 3.63) is 35.9 Å². The van der Waals surface area contributed by atoms with Gasteiger partial charge in [-0.1, -0.05) is 56.0 Å². The van der Waals surface area contributed by atoms with Crippen LogP contribution in [0.1, 0.15) is 62.8 Å². The molecule has 1 aliphatic heterocycles. The van der Waals surface area contributed by atoms with Crippen LogP contribution in [0.25, 0.3) is 0 Å². The summed E-state index contributed by atoms with van der Waals surface area (Å²) in [4.78, 5) is 2.62. The number of hydrogen-bond donors (Lipinski definition) is 1. The Kier molecular flexibility index (Phi) is 6.23. The van der Waals surface area contributed by atoms with E-state index in [2.05, 4.69) is 35.2 Å². The fraction of sp³-hybridized carbons (Fsp3) is 0.714. The monoisotopic (exact) mass is 349 g/mol. The van der Waals surface area contributed by atoms with E-state index in [4.69, 9.17) is 0 Å². The number of piperidine rings is 1. The van der Waals surface area contributed by atoms with Gasteiger partial charge in [0.1, 0.15) is 0 Å². The third-order valence-electron chi connectivity index (χ3n) is 6.87. The van der Waals surface area contributed by atoms with E-state index in [0.717, 1.165) is 24.2 Å². The normalized spacial score (nSPS) is 35.0. The molecule has 3 aliphatic rings. The van der Waals surface area contributed by atoms with Gasteiger partial charge in [0.05, 0.1) is 6.10 Å². The first-order chi connectivity index (χ1) is 11.3. The molecule has 0 aromatic heterocycles. The number of fused-ring (bicyclic) bond motifs is 1. The van der Waals surface area contributed by atoms with E-state index in [0.29, 0.717) is 6.04 Å². The molecule has 2 nitrogen and oxygen atoms in total. The molecule has 1 N–H and O–H groups in total. The Morgan fingerprint density at radius 1 is 0.833 bits per heavy atom. The molecule has 3 heteroatoms. The van der Waals surface area contributed by atoms with Crippen molar-refractivity contribution < 1.29 is 5.11 Å². The number of hydrogen-bond acceptors (Lipinski definition) is 2. The Balaban J connectivity index is 0.00000169. The van der Waals surface area contributed by atoms with Crippen LogP contribution in [-0.2, 0) is 0 Å². The molecule has 0 radical (unpaired) electrons. The molecule has 134 valence electrons. The third-order valence-corrected chi connectivity index (χ3v) is 6.87. The predicted octanol–water partition coefficient (Wildman–Crippen LogP) is 4.62. The van der Waals surface area contributed by atoms with Crippen molar-refractivity contribution in [1.82, 2.24) is 4.90 Å². The summed E-state index contributed by atoms with van der Waals surface area (Å²) in [6.45, 7) is 2.33. The van der Waals surface area contributed by atoms with Gasteiger partial charge < -0.3 is 5.11 Å². The quantitative estimate of drug-likeness (QED) is 0.842. The van der Waals surface area contributed by atoms with E-state index in [-0.39, 0.29) is 18.5 Å². The zero-order valence-electron chi connectivity index (χ0n) is 14.6. The molecule has 0 amide bonds. The fourth-order valence-corrected chi connectivity index (χ4v) is 5.52. The number of benzene rings is 1. The summed E-state index contributed by atoms with van der Waals surface area (Å²) in [7, 11) is 0. The van der Waals surface area contributed by atoms with Crippen molar-refractivity contribution in [2.75, 3.05) is 13.1 Å². The number of likely N-dealkylation sites (tertiary alicyclic amines) is 1. The highest BCUT2D eigenvalue weighted by molar-refractivity contribution is 5.85. The smallest absolute Gasteiger partial charge is 0.0698 e. The first-order valence-corrected chi connectivity index (χ1v) is 9.78. The second-order valence-corrected chi connectivity index (χ2v) is 8.13. The van der Waals surface area contributed by atoms with Crippen molar-refractivity contribution in [1.29, 1.82) is 0 Å². The topological polar surface area (TPSA) is 23.5 Å². The van der Waals surface area contributed by atoms with Crippen LogP contribution in [0.2, 0.25) is 0 Å². The van der Waals surface area contributed by atoms with Crippen LogP contribution in [0.4, 0.5) is 0 Å². The van der Waals surface area contributed by atoms with Crippen LogP contribution in [0.3, 0.4) is 0 Å². The van der Waals surface area contributed by atoms with E-state index in [1.807, 2.05) is 0 Å². The second kappa shape index (κ2) is 8.21. The van der Waals surface area contributed by atoms with Gasteiger partial charge in [-0.05, 0) is 62.1 Å². The number of nitrogens with zero attached hydrogens (tertiary/aromatic N) is 1. The lowest BCUT2D eigenvalue weighted by Gasteiger charge is -2.47. The molecule has 3 fully saturated rings. The second-order valence-electron chi connectivity index (χ2n) is 8.13. The van der Waals surface area contributed by atoms with E-state index >= 15 is 0 Å². The van der Waals surface area contributed by atoms with Gasteiger partial charge in [0.25, 0.3) is 0 Å². The summed E-state index contributed by atoms with van der Waals surface area (Å²) in [5, 5.41) is 10.7. The minimum Gasteiger partial charge on any atom is -0.391 e. The number of aliphatic hydroxyl groups is 1. The van der Waals surface area contributed by atoms with Crippen LogP contribution < -0.4 is 0 Å². The molecule has 1 heterocycles. The van der Waals surface area contributed by atoms with Gasteiger partial charge >= 0.3 is 0 Å². The molecule has 24 heavy (non-hydrogen) atoms. The highest BCUT2D eigenvalue weighted by Gasteiger charge is 2.40. The largest absolute Gasteiger partial charge is 0.391 e. The number of rotatable bonds is 2. The molecular weight excluding hydrogens is 318 g/mol. The van der Waals surface area contributed by atoms with Crippen molar-refractivity contribution in [2.45, 2.75) is 69.4 Å². The molecule has 2 saturated carbocycles. The first-order valence-electron chi connectivity index (χ1n) is 9.78. The van der Waals surface area contributed by atoms with Crippen LogP contribution >= 0.6 is 12.4 Å². The summed E-state index contributed by atoms with van der Waals surface area (Å²) < 4.78 is 0. The molecule has 4 unspecified atom stereocenters. The summed E-state index contributed by atoms with van der Waals surface area (Å²) in [5.41, 5.74) is 1.50. The minimum absolute atomic E-state index is 0. The van der Waals surface area contributed by atoms with E-state index in [1.54, 1.807) is 0 Å². The molecule has 2 aliphatic carbocycles. The SMILES string of the molecule is Cl.OC1CC2CCCCC2CC1N1CCC(c2ccccc2)CC1. The van der Waals surface area contributed by atoms with Crippen molar-refractivity contribution in [3.8, 4) is 0 Å². The Morgan fingerprint density at radius 2 is 1.46 bits per heavy atom. The standard InChI is InChI=1S/C21H31NO.ClH/c23-21-15-19-9-5-4-8-18(19)14-20(21)22-12-10-17(11-13-22)16-6-2-1-3-7-16;/h1-3,6-7,17-21,23H,4-5,8-15H2;1H. The lowest BCUT2D eigenvalue weighted by Crippen LogP contribution is -2.52. The van der Waals surface area contributed by atoms with Gasteiger partial charge in [-0.3, -0.25) is 4.90 Å². The predicted molar refractivity (Wildman–Crippen MR) is 102 cm³/mol. The highest BCUT2D eigenvalue weighted by Crippen LogP contribution is 2.42. The number of halogens is 1. The van der Waals surface area contributed by atoms with Crippen LogP contribution in [0.15, 0.2) is 30.3 Å². The Bertz CT molecular complexity index is 500. The summed E-state index contributed by atoms with van der Waals surface area (Å²) >= 11 is 0. The maximum Gasteiger partial charge on any atom is 0.0698 e. The van der Waals surface area contributed by atoms with Crippen LogP contribution in [0, 0.1) is 11.8 Å². The Hall–Kier alpha value is -0.570. The third kappa shape index (κ3) is 3.81. The molecule has 0 spiro atoms. The zero-order chi connectivity index (χ0) is 15.6. The van der Waals surface area contributed by atoms with E-state index in [9.17, 15) is 5.11 Å². The van der Waals surface area contributed by atoms with Gasteiger partial charge in [0.2, 0.25) is 0 Å². The summed E-state index contributed by atoms with van der Waals surface area (Å²) in [5.74, 6) is 2.43. The van der Waals surface area contributed by atoms with Gasteiger partial charge in [0, 0.05) is 6.04 Å². The summed E-state index contributed by atoms with van der Waals surface area (Å²) in [6, 6.07) is 11.4. The minimum atomic E-state index is -0.0809. The van der Waals surface area contributed by atoms with Crippen molar-refractivity contribution in [2.24, 2.45) is 11.8 Å². The molecule has 0 bridgehead atoms. The van der Waals surface area contributed by atoms with Gasteiger partial charge in [-0.2, -0.15) is 0 Å². The van der Waals surface area contributed by atoms with Crippen molar-refractivity contribution in [3.63, 3.8) is 0 Å². The molecule has 1 aromatic rings. The fourth-order valence-electron chi connectivity index (χ4n) is 5.52. The van der Waals surface area contributed by atoms with Gasteiger partial charge in [0.15, 0.2) is 0 Å². The molecular formula is C21H32ClNO. The van der Waals surface area contributed by atoms with Crippen molar-refractivity contribution >= 4 is 12.4 Å². The van der Waals surface area contributed by atoms with Crippen LogP contribution in [-0.4, -0.2) is 35.2 Å². The lowest BCUT2D eigenvalue weighted by molar-refractivity contribution is -0.0386. The van der Waals surface area contributed by atoms with E-state index in [1.165, 1.54) is 63.6 Å². The van der Waals surface area contributed by atoms with E-state index < -0.39 is 0 Å². The first kappa shape index (κ1) is 18.2. The Morgan fingerprint density at radius 3 is 2.12 bits per heavy atom. The van der Waals surface area contributed by atoms with Gasteiger partial charge in [-0.25, -0.2) is 0 Å². The Labute approximate surface area is 153 Å². The highest BCUT2D eigenvalue weighted by atomic mass is 35.5. The van der Waals surface area contributed by atoms with Gasteiger partial charge in [-0.15, -0.1) is 12.4 Å². The van der Waals surface area contributed by atoms with Crippen LogP contribution in [0.5, 0.6) is 0 Å². The summed E-state index contributed by atoms with van der Waals surface area (Å²) in [6.07, 6.45) is 10.3. The average Bonchev–Trinajstić information content (AvgIpc) is 2.62. The molecule has 1 aromatic carbocycles. The maximum absolute atomic E-state index is 10.7. The zero-order valence-corrected chi connectivity index (χ0v) is 15.5. The molecule has 4 rings (SSSR count).